The molecule has 0 saturated heterocycles. The molecular weight excluding hydrogens is 296 g/mol. The summed E-state index contributed by atoms with van der Waals surface area (Å²) in [6, 6.07) is -0.205. The van der Waals surface area contributed by atoms with Crippen LogP contribution < -0.4 is 11.2 Å². The molecule has 7 nitrogen and oxygen atoms in total. The highest BCUT2D eigenvalue weighted by atomic mass is 16.3. The van der Waals surface area contributed by atoms with E-state index in [0.29, 0.717) is 11.9 Å². The summed E-state index contributed by atoms with van der Waals surface area (Å²) >= 11 is 0. The molecule has 0 aromatic carbocycles. The Morgan fingerprint density at radius 3 is 2.57 bits per heavy atom. The van der Waals surface area contributed by atoms with Gasteiger partial charge in [-0.1, -0.05) is 46.0 Å². The van der Waals surface area contributed by atoms with E-state index >= 15 is 0 Å². The first kappa shape index (κ1) is 17.5. The molecule has 2 rings (SSSR count). The van der Waals surface area contributed by atoms with Crippen LogP contribution in [0.4, 0.5) is 0 Å². The number of hydrogen-bond donors (Lipinski definition) is 3. The van der Waals surface area contributed by atoms with Gasteiger partial charge >= 0.3 is 5.69 Å². The number of rotatable bonds is 9. The number of nitrogens with one attached hydrogen (secondary N) is 2. The van der Waals surface area contributed by atoms with E-state index in [9.17, 15) is 14.7 Å². The van der Waals surface area contributed by atoms with Gasteiger partial charge in [0.1, 0.15) is 0 Å². The Bertz CT molecular complexity index is 731. The standard InChI is InChI=1S/C16H26N4O3/c1-3-5-7-9-12(21)11(8-6-4-2)20-10-17-14-13(20)15(22)19-16(23)18-14/h10-12,21H,3-9H2,1-2H3,(H2,18,19,22,23). The van der Waals surface area contributed by atoms with Crippen molar-refractivity contribution in [1.29, 1.82) is 0 Å². The topological polar surface area (TPSA) is 104 Å². The lowest BCUT2D eigenvalue weighted by Crippen LogP contribution is -2.28. The van der Waals surface area contributed by atoms with E-state index in [4.69, 9.17) is 0 Å². The van der Waals surface area contributed by atoms with Crippen molar-refractivity contribution in [3.05, 3.63) is 27.2 Å². The first-order valence-corrected chi connectivity index (χ1v) is 8.45. The van der Waals surface area contributed by atoms with Crippen molar-refractivity contribution in [1.82, 2.24) is 19.5 Å². The lowest BCUT2D eigenvalue weighted by atomic mass is 9.99. The number of imidazole rings is 1. The highest BCUT2D eigenvalue weighted by molar-refractivity contribution is 5.69. The Kier molecular flexibility index (Phi) is 6.15. The number of H-pyrrole nitrogens is 2. The number of aliphatic hydroxyl groups is 1. The minimum absolute atomic E-state index is 0.205. The molecule has 0 amide bonds. The predicted octanol–water partition coefficient (Wildman–Crippen LogP) is 2.09. The van der Waals surface area contributed by atoms with Crippen LogP contribution >= 0.6 is 0 Å². The summed E-state index contributed by atoms with van der Waals surface area (Å²) in [6.07, 6.45) is 7.58. The molecule has 0 aliphatic heterocycles. The van der Waals surface area contributed by atoms with Crippen LogP contribution in [0.2, 0.25) is 0 Å². The number of aromatic amines is 2. The van der Waals surface area contributed by atoms with Gasteiger partial charge in [-0.15, -0.1) is 0 Å². The van der Waals surface area contributed by atoms with Crippen molar-refractivity contribution in [2.45, 2.75) is 70.9 Å². The molecule has 0 fully saturated rings. The molecule has 7 heteroatoms. The number of nitrogens with zero attached hydrogens (tertiary/aromatic N) is 2. The largest absolute Gasteiger partial charge is 0.391 e. The lowest BCUT2D eigenvalue weighted by Gasteiger charge is -2.24. The van der Waals surface area contributed by atoms with Gasteiger partial charge in [-0.2, -0.15) is 0 Å². The molecule has 0 aliphatic rings. The van der Waals surface area contributed by atoms with E-state index in [0.717, 1.165) is 38.5 Å². The summed E-state index contributed by atoms with van der Waals surface area (Å²) in [4.78, 5) is 32.4. The Morgan fingerprint density at radius 2 is 1.87 bits per heavy atom. The maximum Gasteiger partial charge on any atom is 0.327 e. The summed E-state index contributed by atoms with van der Waals surface area (Å²) < 4.78 is 1.72. The monoisotopic (exact) mass is 322 g/mol. The smallest absolute Gasteiger partial charge is 0.327 e. The fourth-order valence-electron chi connectivity index (χ4n) is 2.96. The minimum atomic E-state index is -0.568. The maximum atomic E-state index is 12.1. The molecule has 0 radical (unpaired) electrons. The van der Waals surface area contributed by atoms with E-state index in [2.05, 4.69) is 28.8 Å². The van der Waals surface area contributed by atoms with Crippen molar-refractivity contribution >= 4 is 11.2 Å². The molecule has 2 unspecified atom stereocenters. The van der Waals surface area contributed by atoms with Gasteiger partial charge in [0.05, 0.1) is 18.5 Å². The number of fused-ring (bicyclic) bond motifs is 1. The molecule has 2 atom stereocenters. The summed E-state index contributed by atoms with van der Waals surface area (Å²) in [5, 5.41) is 10.6. The maximum absolute atomic E-state index is 12.1. The Balaban J connectivity index is 2.35. The minimum Gasteiger partial charge on any atom is -0.391 e. The lowest BCUT2D eigenvalue weighted by molar-refractivity contribution is 0.0964. The van der Waals surface area contributed by atoms with E-state index in [-0.39, 0.29) is 11.7 Å². The quantitative estimate of drug-likeness (QED) is 0.615. The third-order valence-corrected chi connectivity index (χ3v) is 4.23. The molecule has 0 saturated carbocycles. The van der Waals surface area contributed by atoms with Crippen LogP contribution in [0, 0.1) is 0 Å². The molecule has 0 bridgehead atoms. The zero-order valence-corrected chi connectivity index (χ0v) is 13.8. The van der Waals surface area contributed by atoms with Crippen LogP contribution in [0.15, 0.2) is 15.9 Å². The Morgan fingerprint density at radius 1 is 1.13 bits per heavy atom. The zero-order chi connectivity index (χ0) is 16.8. The summed E-state index contributed by atoms with van der Waals surface area (Å²) in [5.41, 5.74) is -0.453. The van der Waals surface area contributed by atoms with Gasteiger partial charge in [0.2, 0.25) is 0 Å². The van der Waals surface area contributed by atoms with Crippen LogP contribution in [-0.4, -0.2) is 30.7 Å². The van der Waals surface area contributed by atoms with E-state index in [1.807, 2.05) is 0 Å². The molecular formula is C16H26N4O3. The molecule has 128 valence electrons. The molecule has 2 aromatic heterocycles. The van der Waals surface area contributed by atoms with Gasteiger partial charge < -0.3 is 9.67 Å². The van der Waals surface area contributed by atoms with Crippen LogP contribution in [0.1, 0.15) is 64.8 Å². The van der Waals surface area contributed by atoms with Gasteiger partial charge in [-0.05, 0) is 12.8 Å². The van der Waals surface area contributed by atoms with Crippen molar-refractivity contribution in [2.24, 2.45) is 0 Å². The average Bonchev–Trinajstić information content (AvgIpc) is 2.92. The molecule has 2 heterocycles. The molecule has 3 N–H and O–H groups in total. The average molecular weight is 322 g/mol. The molecule has 23 heavy (non-hydrogen) atoms. The molecule has 2 aromatic rings. The van der Waals surface area contributed by atoms with Gasteiger partial charge in [0.25, 0.3) is 5.56 Å². The number of unbranched alkanes of at least 4 members (excludes halogenated alkanes) is 3. The van der Waals surface area contributed by atoms with Crippen molar-refractivity contribution < 1.29 is 5.11 Å². The Labute approximate surface area is 134 Å². The van der Waals surface area contributed by atoms with E-state index in [1.165, 1.54) is 0 Å². The van der Waals surface area contributed by atoms with Gasteiger partial charge in [0, 0.05) is 0 Å². The van der Waals surface area contributed by atoms with Crippen molar-refractivity contribution in [2.75, 3.05) is 0 Å². The van der Waals surface area contributed by atoms with Crippen LogP contribution in [-0.2, 0) is 0 Å². The van der Waals surface area contributed by atoms with Gasteiger partial charge in [-0.25, -0.2) is 9.78 Å². The Hall–Kier alpha value is -1.89. The third kappa shape index (κ3) is 4.10. The normalized spacial score (nSPS) is 14.2. The molecule has 0 spiro atoms. The summed E-state index contributed by atoms with van der Waals surface area (Å²) in [7, 11) is 0. The summed E-state index contributed by atoms with van der Waals surface area (Å²) in [6.45, 7) is 4.22. The highest BCUT2D eigenvalue weighted by Gasteiger charge is 2.23. The fourth-order valence-corrected chi connectivity index (χ4v) is 2.96. The SMILES string of the molecule is CCCCCC(O)C(CCCC)n1cnc2[nH]c(=O)[nH]c(=O)c21. The second-order valence-electron chi connectivity index (χ2n) is 6.03. The number of aliphatic hydroxyl groups excluding tert-OH is 1. The number of aromatic nitrogens is 4. The molecule has 0 aliphatic carbocycles. The first-order chi connectivity index (χ1) is 11.1. The highest BCUT2D eigenvalue weighted by Crippen LogP contribution is 2.25. The second kappa shape index (κ2) is 8.10. The third-order valence-electron chi connectivity index (χ3n) is 4.23. The van der Waals surface area contributed by atoms with Crippen molar-refractivity contribution in [3.63, 3.8) is 0 Å². The van der Waals surface area contributed by atoms with Gasteiger partial charge in [0.15, 0.2) is 11.2 Å². The van der Waals surface area contributed by atoms with Crippen LogP contribution in [0.25, 0.3) is 11.2 Å². The zero-order valence-electron chi connectivity index (χ0n) is 13.8. The van der Waals surface area contributed by atoms with Gasteiger partial charge in [-0.3, -0.25) is 14.8 Å². The van der Waals surface area contributed by atoms with E-state index < -0.39 is 17.4 Å². The van der Waals surface area contributed by atoms with Crippen LogP contribution in [0.3, 0.4) is 0 Å². The second-order valence-corrected chi connectivity index (χ2v) is 6.03. The van der Waals surface area contributed by atoms with Crippen molar-refractivity contribution in [3.8, 4) is 0 Å². The summed E-state index contributed by atoms with van der Waals surface area (Å²) in [5.74, 6) is 0. The number of hydrogen-bond acceptors (Lipinski definition) is 4. The fraction of sp³-hybridized carbons (Fsp3) is 0.688. The van der Waals surface area contributed by atoms with E-state index in [1.54, 1.807) is 10.9 Å². The van der Waals surface area contributed by atoms with Crippen LogP contribution in [0.5, 0.6) is 0 Å². The predicted molar refractivity (Wildman–Crippen MR) is 89.7 cm³/mol. The first-order valence-electron chi connectivity index (χ1n) is 8.45.